The molecule has 0 saturated carbocycles. The number of hydrogen-bond donors (Lipinski definition) is 1. The number of nitrogens with zero attached hydrogens (tertiary/aromatic N) is 2. The zero-order valence-corrected chi connectivity index (χ0v) is 16.3. The fraction of sp³-hybridized carbons (Fsp3) is 0.158. The number of carbonyl (C=O) groups excluding carboxylic acids is 2. The number of ether oxygens (including phenoxy) is 2. The van der Waals surface area contributed by atoms with Crippen LogP contribution in [0.5, 0.6) is 5.75 Å². The molecule has 3 rings (SSSR count). The Bertz CT molecular complexity index is 1040. The van der Waals surface area contributed by atoms with Gasteiger partial charge in [-0.2, -0.15) is 0 Å². The van der Waals surface area contributed by atoms with Crippen LogP contribution in [0.3, 0.4) is 0 Å². The van der Waals surface area contributed by atoms with Gasteiger partial charge in [0.25, 0.3) is 5.22 Å². The second kappa shape index (κ2) is 9.20. The predicted octanol–water partition coefficient (Wildman–Crippen LogP) is 3.40. The fourth-order valence-corrected chi connectivity index (χ4v) is 2.90. The van der Waals surface area contributed by atoms with E-state index in [0.29, 0.717) is 17.2 Å². The van der Waals surface area contributed by atoms with E-state index >= 15 is 0 Å². The average Bonchev–Trinajstić information content (AvgIpc) is 3.22. The zero-order chi connectivity index (χ0) is 20.8. The lowest BCUT2D eigenvalue weighted by atomic mass is 10.2. The van der Waals surface area contributed by atoms with Crippen molar-refractivity contribution in [3.8, 4) is 17.2 Å². The van der Waals surface area contributed by atoms with Crippen LogP contribution >= 0.6 is 11.8 Å². The number of carbonyl (C=O) groups is 2. The van der Waals surface area contributed by atoms with E-state index in [0.717, 1.165) is 24.9 Å². The number of nitrogens with one attached hydrogen (secondary N) is 1. The normalized spacial score (nSPS) is 10.4. The Kier molecular flexibility index (Phi) is 6.45. The Balaban J connectivity index is 1.60. The van der Waals surface area contributed by atoms with Crippen LogP contribution in [-0.4, -0.2) is 42.0 Å². The SMILES string of the molecule is COC(=O)c1cc(NC(=O)CSc2nnc(-c3cccc(OC)c3)o2)ccc1F. The van der Waals surface area contributed by atoms with Crippen molar-refractivity contribution in [1.82, 2.24) is 10.2 Å². The molecular formula is C19H16FN3O5S. The molecule has 0 saturated heterocycles. The minimum atomic E-state index is -0.830. The molecule has 150 valence electrons. The molecule has 0 fully saturated rings. The highest BCUT2D eigenvalue weighted by molar-refractivity contribution is 7.99. The van der Waals surface area contributed by atoms with Crippen molar-refractivity contribution in [2.45, 2.75) is 5.22 Å². The molecule has 1 amide bonds. The first kappa shape index (κ1) is 20.3. The van der Waals surface area contributed by atoms with Gasteiger partial charge in [-0.15, -0.1) is 10.2 Å². The maximum Gasteiger partial charge on any atom is 0.340 e. The van der Waals surface area contributed by atoms with Crippen molar-refractivity contribution in [2.24, 2.45) is 0 Å². The highest BCUT2D eigenvalue weighted by atomic mass is 32.2. The summed E-state index contributed by atoms with van der Waals surface area (Å²) in [5.74, 6) is -1.03. The third-order valence-electron chi connectivity index (χ3n) is 3.71. The molecule has 0 radical (unpaired) electrons. The number of benzene rings is 2. The minimum absolute atomic E-state index is 0.0231. The zero-order valence-electron chi connectivity index (χ0n) is 15.5. The molecule has 0 aliphatic rings. The minimum Gasteiger partial charge on any atom is -0.497 e. The first-order valence-electron chi connectivity index (χ1n) is 8.28. The van der Waals surface area contributed by atoms with E-state index in [1.165, 1.54) is 12.1 Å². The van der Waals surface area contributed by atoms with Crippen molar-refractivity contribution < 1.29 is 27.9 Å². The first-order chi connectivity index (χ1) is 14.0. The monoisotopic (exact) mass is 417 g/mol. The summed E-state index contributed by atoms with van der Waals surface area (Å²) in [6.45, 7) is 0. The van der Waals surface area contributed by atoms with Crippen LogP contribution in [-0.2, 0) is 9.53 Å². The molecule has 8 nitrogen and oxygen atoms in total. The van der Waals surface area contributed by atoms with E-state index in [1.54, 1.807) is 31.4 Å². The summed E-state index contributed by atoms with van der Waals surface area (Å²) in [4.78, 5) is 23.7. The van der Waals surface area contributed by atoms with Crippen LogP contribution in [0.1, 0.15) is 10.4 Å². The average molecular weight is 417 g/mol. The molecule has 0 atom stereocenters. The smallest absolute Gasteiger partial charge is 0.340 e. The molecule has 0 aliphatic carbocycles. The van der Waals surface area contributed by atoms with Crippen molar-refractivity contribution >= 4 is 29.3 Å². The number of anilines is 1. The summed E-state index contributed by atoms with van der Waals surface area (Å²) in [7, 11) is 2.70. The Morgan fingerprint density at radius 2 is 2.00 bits per heavy atom. The van der Waals surface area contributed by atoms with E-state index in [2.05, 4.69) is 20.3 Å². The van der Waals surface area contributed by atoms with Crippen LogP contribution < -0.4 is 10.1 Å². The number of halogens is 1. The van der Waals surface area contributed by atoms with Gasteiger partial charge < -0.3 is 19.2 Å². The number of methoxy groups -OCH3 is 2. The lowest BCUT2D eigenvalue weighted by Crippen LogP contribution is -2.15. The second-order valence-corrected chi connectivity index (χ2v) is 6.55. The topological polar surface area (TPSA) is 104 Å². The summed E-state index contributed by atoms with van der Waals surface area (Å²) in [5.41, 5.74) is 0.688. The van der Waals surface area contributed by atoms with Crippen molar-refractivity contribution in [3.63, 3.8) is 0 Å². The molecule has 2 aromatic carbocycles. The molecular weight excluding hydrogens is 401 g/mol. The third kappa shape index (κ3) is 5.11. The van der Waals surface area contributed by atoms with Crippen LogP contribution in [0, 0.1) is 5.82 Å². The molecule has 1 N–H and O–H groups in total. The largest absolute Gasteiger partial charge is 0.497 e. The number of rotatable bonds is 7. The number of esters is 1. The molecule has 0 bridgehead atoms. The molecule has 1 aromatic heterocycles. The number of thioether (sulfide) groups is 1. The van der Waals surface area contributed by atoms with Gasteiger partial charge in [-0.3, -0.25) is 4.79 Å². The molecule has 0 unspecified atom stereocenters. The van der Waals surface area contributed by atoms with E-state index in [4.69, 9.17) is 9.15 Å². The van der Waals surface area contributed by atoms with Gasteiger partial charge in [-0.1, -0.05) is 17.8 Å². The third-order valence-corrected chi connectivity index (χ3v) is 4.52. The Hall–Kier alpha value is -3.40. The standard InChI is InChI=1S/C19H16FN3O5S/c1-26-13-5-3-4-11(8-13)17-22-23-19(28-17)29-10-16(24)21-12-6-7-15(20)14(9-12)18(25)27-2/h3-9H,10H2,1-2H3,(H,21,24). The Morgan fingerprint density at radius 3 is 2.76 bits per heavy atom. The maximum absolute atomic E-state index is 13.7. The second-order valence-electron chi connectivity index (χ2n) is 5.63. The first-order valence-corrected chi connectivity index (χ1v) is 9.27. The Morgan fingerprint density at radius 1 is 1.17 bits per heavy atom. The lowest BCUT2D eigenvalue weighted by molar-refractivity contribution is -0.113. The number of hydrogen-bond acceptors (Lipinski definition) is 8. The molecule has 0 spiro atoms. The van der Waals surface area contributed by atoms with Gasteiger partial charge in [0.2, 0.25) is 11.8 Å². The van der Waals surface area contributed by atoms with Gasteiger partial charge in [0, 0.05) is 11.3 Å². The van der Waals surface area contributed by atoms with Crippen LogP contribution in [0.25, 0.3) is 11.5 Å². The highest BCUT2D eigenvalue weighted by Crippen LogP contribution is 2.26. The van der Waals surface area contributed by atoms with Gasteiger partial charge in [0.05, 0.1) is 25.5 Å². The summed E-state index contributed by atoms with van der Waals surface area (Å²) in [6, 6.07) is 10.8. The van der Waals surface area contributed by atoms with E-state index in [-0.39, 0.29) is 22.2 Å². The quantitative estimate of drug-likeness (QED) is 0.461. The van der Waals surface area contributed by atoms with Crippen LogP contribution in [0.2, 0.25) is 0 Å². The molecule has 10 heteroatoms. The highest BCUT2D eigenvalue weighted by Gasteiger charge is 2.15. The van der Waals surface area contributed by atoms with Crippen LogP contribution in [0.15, 0.2) is 52.1 Å². The van der Waals surface area contributed by atoms with E-state index in [1.807, 2.05) is 0 Å². The molecule has 3 aromatic rings. The van der Waals surface area contributed by atoms with E-state index < -0.39 is 17.7 Å². The van der Waals surface area contributed by atoms with Crippen LogP contribution in [0.4, 0.5) is 10.1 Å². The summed E-state index contributed by atoms with van der Waals surface area (Å²) in [5, 5.41) is 10.6. The van der Waals surface area contributed by atoms with Crippen molar-refractivity contribution in [1.29, 1.82) is 0 Å². The van der Waals surface area contributed by atoms with Gasteiger partial charge in [-0.05, 0) is 36.4 Å². The van der Waals surface area contributed by atoms with Crippen molar-refractivity contribution in [2.75, 3.05) is 25.3 Å². The number of amides is 1. The molecule has 1 heterocycles. The van der Waals surface area contributed by atoms with Gasteiger partial charge in [0.15, 0.2) is 0 Å². The summed E-state index contributed by atoms with van der Waals surface area (Å²) in [6.07, 6.45) is 0. The lowest BCUT2D eigenvalue weighted by Gasteiger charge is -2.07. The Labute approximate surface area is 169 Å². The predicted molar refractivity (Wildman–Crippen MR) is 103 cm³/mol. The fourth-order valence-electron chi connectivity index (χ4n) is 2.33. The number of aromatic nitrogens is 2. The van der Waals surface area contributed by atoms with Gasteiger partial charge >= 0.3 is 5.97 Å². The molecule has 0 aliphatic heterocycles. The van der Waals surface area contributed by atoms with Crippen molar-refractivity contribution in [3.05, 3.63) is 53.8 Å². The molecule has 29 heavy (non-hydrogen) atoms. The van der Waals surface area contributed by atoms with Gasteiger partial charge in [-0.25, -0.2) is 9.18 Å². The summed E-state index contributed by atoms with van der Waals surface area (Å²) >= 11 is 1.04. The van der Waals surface area contributed by atoms with Gasteiger partial charge in [0.1, 0.15) is 11.6 Å². The van der Waals surface area contributed by atoms with E-state index in [9.17, 15) is 14.0 Å². The summed E-state index contributed by atoms with van der Waals surface area (Å²) < 4.78 is 28.9. The maximum atomic E-state index is 13.7.